The Balaban J connectivity index is 2.14. The third-order valence-corrected chi connectivity index (χ3v) is 6.01. The normalized spacial score (nSPS) is 11.4. The van der Waals surface area contributed by atoms with Gasteiger partial charge in [0.1, 0.15) is 0 Å². The summed E-state index contributed by atoms with van der Waals surface area (Å²) >= 11 is 0. The lowest BCUT2D eigenvalue weighted by Crippen LogP contribution is -2.43. The Kier molecular flexibility index (Phi) is 6.72. The minimum absolute atomic E-state index is 0.0518. The van der Waals surface area contributed by atoms with Crippen LogP contribution < -0.4 is 0 Å². The molecule has 2 aromatic rings. The second-order valence-corrected chi connectivity index (χ2v) is 8.54. The summed E-state index contributed by atoms with van der Waals surface area (Å²) in [6.07, 6.45) is 0. The molecule has 0 aliphatic rings. The monoisotopic (exact) mass is 385 g/mol. The summed E-state index contributed by atoms with van der Waals surface area (Å²) in [6.45, 7) is 3.96. The van der Waals surface area contributed by atoms with E-state index in [0.717, 1.165) is 9.87 Å². The first kappa shape index (κ1) is 20.6. The molecule has 0 bridgehead atoms. The van der Waals surface area contributed by atoms with Crippen LogP contribution in [0.15, 0.2) is 59.5 Å². The van der Waals surface area contributed by atoms with Gasteiger partial charge in [0.25, 0.3) is 0 Å². The van der Waals surface area contributed by atoms with Gasteiger partial charge in [-0.15, -0.1) is 0 Å². The van der Waals surface area contributed by atoms with Gasteiger partial charge in [-0.25, -0.2) is 8.42 Å². The number of sulfonamides is 1. The maximum absolute atomic E-state index is 12.8. The van der Waals surface area contributed by atoms with Crippen molar-refractivity contribution in [2.24, 2.45) is 0 Å². The molecule has 0 spiro atoms. The van der Waals surface area contributed by atoms with Crippen LogP contribution >= 0.6 is 0 Å². The minimum atomic E-state index is -3.81. The lowest BCUT2D eigenvalue weighted by molar-refractivity contribution is -0.133. The van der Waals surface area contributed by atoms with Crippen molar-refractivity contribution in [1.29, 1.82) is 5.26 Å². The number of benzene rings is 2. The fourth-order valence-electron chi connectivity index (χ4n) is 2.59. The topological polar surface area (TPSA) is 81.5 Å². The number of nitrogens with zero attached hydrogens (tertiary/aromatic N) is 3. The van der Waals surface area contributed by atoms with Crippen molar-refractivity contribution in [3.63, 3.8) is 0 Å². The average Bonchev–Trinajstić information content (AvgIpc) is 2.66. The van der Waals surface area contributed by atoms with Crippen LogP contribution in [-0.2, 0) is 21.4 Å². The highest BCUT2D eigenvalue weighted by molar-refractivity contribution is 7.89. The Hall–Kier alpha value is -2.69. The number of hydrogen-bond acceptors (Lipinski definition) is 4. The number of carbonyl (C=O) groups excluding carboxylic acids is 1. The fourth-order valence-corrected chi connectivity index (χ4v) is 3.71. The van der Waals surface area contributed by atoms with Crippen LogP contribution in [0.4, 0.5) is 0 Å². The number of carbonyl (C=O) groups is 1. The summed E-state index contributed by atoms with van der Waals surface area (Å²) in [4.78, 5) is 14.5. The van der Waals surface area contributed by atoms with Crippen molar-refractivity contribution in [3.8, 4) is 6.07 Å². The zero-order chi connectivity index (χ0) is 20.0. The molecular formula is C20H23N3O3S. The van der Waals surface area contributed by atoms with E-state index in [9.17, 15) is 13.2 Å². The molecule has 7 heteroatoms. The lowest BCUT2D eigenvalue weighted by atomic mass is 10.2. The molecule has 0 saturated heterocycles. The molecule has 2 aromatic carbocycles. The molecule has 0 aliphatic carbocycles. The highest BCUT2D eigenvalue weighted by Crippen LogP contribution is 2.16. The lowest BCUT2D eigenvalue weighted by Gasteiger charge is -2.29. The van der Waals surface area contributed by atoms with Gasteiger partial charge in [-0.1, -0.05) is 30.3 Å². The molecule has 142 valence electrons. The summed E-state index contributed by atoms with van der Waals surface area (Å²) < 4.78 is 26.4. The molecule has 6 nitrogen and oxygen atoms in total. The first-order chi connectivity index (χ1) is 12.8. The predicted octanol–water partition coefficient (Wildman–Crippen LogP) is 2.62. The highest BCUT2D eigenvalue weighted by atomic mass is 32.2. The third kappa shape index (κ3) is 5.16. The first-order valence-electron chi connectivity index (χ1n) is 8.55. The van der Waals surface area contributed by atoms with Crippen LogP contribution in [0.5, 0.6) is 0 Å². The fraction of sp³-hybridized carbons (Fsp3) is 0.300. The van der Waals surface area contributed by atoms with Crippen LogP contribution in [0.1, 0.15) is 25.0 Å². The van der Waals surface area contributed by atoms with Gasteiger partial charge in [-0.05, 0) is 43.7 Å². The maximum Gasteiger partial charge on any atom is 0.243 e. The highest BCUT2D eigenvalue weighted by Gasteiger charge is 2.26. The van der Waals surface area contributed by atoms with Crippen LogP contribution in [0.2, 0.25) is 0 Å². The van der Waals surface area contributed by atoms with Gasteiger partial charge in [0.2, 0.25) is 15.9 Å². The maximum atomic E-state index is 12.8. The Morgan fingerprint density at radius 2 is 1.67 bits per heavy atom. The van der Waals surface area contributed by atoms with Crippen LogP contribution in [0.3, 0.4) is 0 Å². The second-order valence-electron chi connectivity index (χ2n) is 6.50. The van der Waals surface area contributed by atoms with Gasteiger partial charge >= 0.3 is 0 Å². The van der Waals surface area contributed by atoms with E-state index >= 15 is 0 Å². The van der Waals surface area contributed by atoms with Gasteiger partial charge in [-0.2, -0.15) is 9.57 Å². The molecule has 0 radical (unpaired) electrons. The van der Waals surface area contributed by atoms with Gasteiger partial charge in [0.15, 0.2) is 0 Å². The SMILES string of the molecule is CC(C)N(Cc1ccccc1)C(=O)CN(C)S(=O)(=O)c1ccc(C#N)cc1. The van der Waals surface area contributed by atoms with E-state index in [1.165, 1.54) is 31.3 Å². The summed E-state index contributed by atoms with van der Waals surface area (Å²) in [5.74, 6) is -0.270. The van der Waals surface area contributed by atoms with E-state index < -0.39 is 10.0 Å². The third-order valence-electron chi connectivity index (χ3n) is 4.19. The molecule has 2 rings (SSSR count). The van der Waals surface area contributed by atoms with E-state index in [1.807, 2.05) is 50.2 Å². The van der Waals surface area contributed by atoms with Crippen molar-refractivity contribution in [2.45, 2.75) is 31.3 Å². The number of likely N-dealkylation sites (N-methyl/N-ethyl adjacent to an activating group) is 1. The van der Waals surface area contributed by atoms with E-state index in [4.69, 9.17) is 5.26 Å². The van der Waals surface area contributed by atoms with E-state index in [1.54, 1.807) is 4.90 Å². The van der Waals surface area contributed by atoms with E-state index in [0.29, 0.717) is 12.1 Å². The second kappa shape index (κ2) is 8.80. The van der Waals surface area contributed by atoms with Gasteiger partial charge in [-0.3, -0.25) is 4.79 Å². The molecule has 0 aliphatic heterocycles. The first-order valence-corrected chi connectivity index (χ1v) is 9.99. The summed E-state index contributed by atoms with van der Waals surface area (Å²) in [5, 5.41) is 8.83. The molecule has 0 fully saturated rings. The number of rotatable bonds is 7. The van der Waals surface area contributed by atoms with E-state index in [-0.39, 0.29) is 23.4 Å². The number of amides is 1. The van der Waals surface area contributed by atoms with E-state index in [2.05, 4.69) is 0 Å². The standard InChI is InChI=1S/C20H23N3O3S/c1-16(2)23(14-18-7-5-4-6-8-18)20(24)15-22(3)27(25,26)19-11-9-17(13-21)10-12-19/h4-12,16H,14-15H2,1-3H3. The Morgan fingerprint density at radius 3 is 2.19 bits per heavy atom. The molecule has 0 aromatic heterocycles. The minimum Gasteiger partial charge on any atom is -0.335 e. The smallest absolute Gasteiger partial charge is 0.243 e. The molecular weight excluding hydrogens is 362 g/mol. The molecule has 1 amide bonds. The largest absolute Gasteiger partial charge is 0.335 e. The van der Waals surface area contributed by atoms with Crippen molar-refractivity contribution in [2.75, 3.05) is 13.6 Å². The van der Waals surface area contributed by atoms with Crippen LogP contribution in [0.25, 0.3) is 0 Å². The van der Waals surface area contributed by atoms with Crippen molar-refractivity contribution >= 4 is 15.9 Å². The summed E-state index contributed by atoms with van der Waals surface area (Å²) in [7, 11) is -2.43. The van der Waals surface area contributed by atoms with Gasteiger partial charge in [0, 0.05) is 19.6 Å². The molecule has 0 unspecified atom stereocenters. The quantitative estimate of drug-likeness (QED) is 0.734. The van der Waals surface area contributed by atoms with Crippen molar-refractivity contribution < 1.29 is 13.2 Å². The Bertz CT molecular complexity index is 917. The summed E-state index contributed by atoms with van der Waals surface area (Å²) in [6, 6.07) is 17.1. The van der Waals surface area contributed by atoms with Crippen molar-refractivity contribution in [1.82, 2.24) is 9.21 Å². The molecule has 0 atom stereocenters. The number of nitriles is 1. The predicted molar refractivity (Wildman–Crippen MR) is 103 cm³/mol. The van der Waals surface area contributed by atoms with Crippen molar-refractivity contribution in [3.05, 3.63) is 65.7 Å². The molecule has 0 heterocycles. The molecule has 0 N–H and O–H groups in total. The van der Waals surface area contributed by atoms with Gasteiger partial charge in [0.05, 0.1) is 23.1 Å². The van der Waals surface area contributed by atoms with Crippen LogP contribution in [0, 0.1) is 11.3 Å². The summed E-state index contributed by atoms with van der Waals surface area (Å²) in [5.41, 5.74) is 1.36. The zero-order valence-corrected chi connectivity index (χ0v) is 16.5. The number of hydrogen-bond donors (Lipinski definition) is 0. The van der Waals surface area contributed by atoms with Gasteiger partial charge < -0.3 is 4.90 Å². The van der Waals surface area contributed by atoms with Crippen LogP contribution in [-0.4, -0.2) is 43.2 Å². The average molecular weight is 385 g/mol. The Morgan fingerprint density at radius 1 is 1.07 bits per heavy atom. The molecule has 0 saturated carbocycles. The zero-order valence-electron chi connectivity index (χ0n) is 15.7. The molecule has 27 heavy (non-hydrogen) atoms. The Labute approximate surface area is 160 Å².